The van der Waals surface area contributed by atoms with Gasteiger partial charge in [-0.25, -0.2) is 0 Å². The number of carbonyl (C=O) groups excluding carboxylic acids is 1. The van der Waals surface area contributed by atoms with Crippen LogP contribution >= 0.6 is 0 Å². The molecule has 3 heteroatoms. The molecule has 0 aliphatic heterocycles. The number of benzene rings is 1. The molecule has 1 aliphatic rings. The maximum Gasteiger partial charge on any atom is 0.238 e. The number of nitrogens with two attached hydrogens (primary N) is 1. The Morgan fingerprint density at radius 1 is 1.30 bits per heavy atom. The highest BCUT2D eigenvalue weighted by Gasteiger charge is 2.24. The summed E-state index contributed by atoms with van der Waals surface area (Å²) < 4.78 is 0. The maximum absolute atomic E-state index is 11.8. The standard InChI is InChI=1S/C17H22N2O/c1-2-6-16(18)17(20)19-15-11-9-14(10-12-15)13-7-4-3-5-8-13/h1,3-5,7-8,14-16H,6,9-12,18H2,(H,19,20). The molecule has 0 heterocycles. The van der Waals surface area contributed by atoms with Crippen molar-refractivity contribution < 1.29 is 4.79 Å². The SMILES string of the molecule is C#CCC(N)C(=O)NC1CCC(c2ccccc2)CC1. The van der Waals surface area contributed by atoms with Crippen LogP contribution in [0.1, 0.15) is 43.6 Å². The molecule has 1 aromatic carbocycles. The molecule has 0 radical (unpaired) electrons. The lowest BCUT2D eigenvalue weighted by Crippen LogP contribution is -2.46. The average molecular weight is 270 g/mol. The smallest absolute Gasteiger partial charge is 0.238 e. The summed E-state index contributed by atoms with van der Waals surface area (Å²) >= 11 is 0. The summed E-state index contributed by atoms with van der Waals surface area (Å²) in [6.07, 6.45) is 9.71. The van der Waals surface area contributed by atoms with E-state index in [1.165, 1.54) is 5.56 Å². The number of hydrogen-bond donors (Lipinski definition) is 2. The van der Waals surface area contributed by atoms with E-state index < -0.39 is 6.04 Å². The second kappa shape index (κ2) is 7.12. The van der Waals surface area contributed by atoms with Gasteiger partial charge in [-0.1, -0.05) is 30.3 Å². The lowest BCUT2D eigenvalue weighted by Gasteiger charge is -2.30. The van der Waals surface area contributed by atoms with E-state index in [1.807, 2.05) is 6.07 Å². The molecule has 1 aliphatic carbocycles. The average Bonchev–Trinajstić information content (AvgIpc) is 2.49. The molecular weight excluding hydrogens is 248 g/mol. The molecule has 1 saturated carbocycles. The molecule has 20 heavy (non-hydrogen) atoms. The molecule has 1 atom stereocenters. The van der Waals surface area contributed by atoms with Crippen LogP contribution in [0.2, 0.25) is 0 Å². The summed E-state index contributed by atoms with van der Waals surface area (Å²) in [5, 5.41) is 3.02. The maximum atomic E-state index is 11.8. The van der Waals surface area contributed by atoms with Gasteiger partial charge >= 0.3 is 0 Å². The highest BCUT2D eigenvalue weighted by Crippen LogP contribution is 2.32. The first-order valence-corrected chi connectivity index (χ1v) is 7.25. The first-order valence-electron chi connectivity index (χ1n) is 7.25. The van der Waals surface area contributed by atoms with Crippen LogP contribution in [0, 0.1) is 12.3 Å². The Hall–Kier alpha value is -1.79. The minimum atomic E-state index is -0.577. The molecule has 2 rings (SSSR count). The zero-order valence-electron chi connectivity index (χ0n) is 11.7. The zero-order valence-corrected chi connectivity index (χ0v) is 11.7. The molecule has 3 nitrogen and oxygen atoms in total. The van der Waals surface area contributed by atoms with Gasteiger partial charge in [0.05, 0.1) is 6.04 Å². The third kappa shape index (κ3) is 3.85. The van der Waals surface area contributed by atoms with Crippen LogP contribution in [0.5, 0.6) is 0 Å². The van der Waals surface area contributed by atoms with Gasteiger partial charge in [-0.15, -0.1) is 12.3 Å². The summed E-state index contributed by atoms with van der Waals surface area (Å²) in [5.74, 6) is 2.92. The molecule has 0 saturated heterocycles. The monoisotopic (exact) mass is 270 g/mol. The lowest BCUT2D eigenvalue weighted by molar-refractivity contribution is -0.123. The molecule has 1 unspecified atom stereocenters. The Kier molecular flexibility index (Phi) is 5.20. The second-order valence-electron chi connectivity index (χ2n) is 5.48. The van der Waals surface area contributed by atoms with E-state index in [4.69, 9.17) is 12.2 Å². The predicted octanol–water partition coefficient (Wildman–Crippen LogP) is 2.18. The van der Waals surface area contributed by atoms with E-state index in [0.29, 0.717) is 12.3 Å². The van der Waals surface area contributed by atoms with Gasteiger partial charge < -0.3 is 11.1 Å². The van der Waals surface area contributed by atoms with Gasteiger partial charge in [0.25, 0.3) is 0 Å². The number of amides is 1. The summed E-state index contributed by atoms with van der Waals surface area (Å²) in [6, 6.07) is 10.3. The van der Waals surface area contributed by atoms with Gasteiger partial charge in [-0.2, -0.15) is 0 Å². The largest absolute Gasteiger partial charge is 0.352 e. The molecule has 106 valence electrons. The third-order valence-corrected chi connectivity index (χ3v) is 4.02. The van der Waals surface area contributed by atoms with Gasteiger partial charge in [-0.3, -0.25) is 4.79 Å². The number of nitrogens with one attached hydrogen (secondary N) is 1. The molecule has 0 aromatic heterocycles. The molecule has 1 fully saturated rings. The molecular formula is C17H22N2O. The minimum Gasteiger partial charge on any atom is -0.352 e. The number of carbonyl (C=O) groups is 1. The van der Waals surface area contributed by atoms with Crippen molar-refractivity contribution in [1.29, 1.82) is 0 Å². The minimum absolute atomic E-state index is 0.119. The van der Waals surface area contributed by atoms with E-state index in [2.05, 4.69) is 35.5 Å². The van der Waals surface area contributed by atoms with Gasteiger partial charge in [0.2, 0.25) is 5.91 Å². The van der Waals surface area contributed by atoms with Crippen LogP contribution in [0.3, 0.4) is 0 Å². The zero-order chi connectivity index (χ0) is 14.4. The lowest BCUT2D eigenvalue weighted by atomic mass is 9.81. The summed E-state index contributed by atoms with van der Waals surface area (Å²) in [4.78, 5) is 11.8. The van der Waals surface area contributed by atoms with Crippen molar-refractivity contribution in [3.05, 3.63) is 35.9 Å². The van der Waals surface area contributed by atoms with Crippen LogP contribution in [0.25, 0.3) is 0 Å². The van der Waals surface area contributed by atoms with E-state index in [1.54, 1.807) is 0 Å². The number of hydrogen-bond acceptors (Lipinski definition) is 2. The summed E-state index contributed by atoms with van der Waals surface area (Å²) in [5.41, 5.74) is 7.11. The summed E-state index contributed by atoms with van der Waals surface area (Å²) in [6.45, 7) is 0. The highest BCUT2D eigenvalue weighted by molar-refractivity contribution is 5.82. The molecule has 0 spiro atoms. The van der Waals surface area contributed by atoms with Gasteiger partial charge in [0.15, 0.2) is 0 Å². The molecule has 3 N–H and O–H groups in total. The van der Waals surface area contributed by atoms with Crippen LogP contribution < -0.4 is 11.1 Å². The van der Waals surface area contributed by atoms with Crippen molar-refractivity contribution in [2.45, 2.75) is 50.1 Å². The van der Waals surface area contributed by atoms with E-state index in [9.17, 15) is 4.79 Å². The highest BCUT2D eigenvalue weighted by atomic mass is 16.2. The second-order valence-corrected chi connectivity index (χ2v) is 5.48. The third-order valence-electron chi connectivity index (χ3n) is 4.02. The van der Waals surface area contributed by atoms with Crippen LogP contribution in [0.4, 0.5) is 0 Å². The van der Waals surface area contributed by atoms with Crippen LogP contribution in [-0.4, -0.2) is 18.0 Å². The van der Waals surface area contributed by atoms with Gasteiger partial charge in [0, 0.05) is 12.5 Å². The van der Waals surface area contributed by atoms with Crippen molar-refractivity contribution in [2.75, 3.05) is 0 Å². The van der Waals surface area contributed by atoms with Crippen molar-refractivity contribution in [3.63, 3.8) is 0 Å². The van der Waals surface area contributed by atoms with Gasteiger partial charge in [0.1, 0.15) is 0 Å². The first kappa shape index (κ1) is 14.6. The Balaban J connectivity index is 1.80. The van der Waals surface area contributed by atoms with Crippen LogP contribution in [0.15, 0.2) is 30.3 Å². The molecule has 0 bridgehead atoms. The molecule has 1 aromatic rings. The Morgan fingerprint density at radius 2 is 1.95 bits per heavy atom. The normalized spacial score (nSPS) is 23.6. The van der Waals surface area contributed by atoms with Crippen molar-refractivity contribution >= 4 is 5.91 Å². The first-order chi connectivity index (χ1) is 9.70. The fraction of sp³-hybridized carbons (Fsp3) is 0.471. The Morgan fingerprint density at radius 3 is 2.55 bits per heavy atom. The van der Waals surface area contributed by atoms with E-state index in [0.717, 1.165) is 25.7 Å². The summed E-state index contributed by atoms with van der Waals surface area (Å²) in [7, 11) is 0. The van der Waals surface area contributed by atoms with E-state index in [-0.39, 0.29) is 11.9 Å². The molecule has 1 amide bonds. The Labute approximate surface area is 120 Å². The van der Waals surface area contributed by atoms with Crippen molar-refractivity contribution in [3.8, 4) is 12.3 Å². The predicted molar refractivity (Wildman–Crippen MR) is 81.0 cm³/mol. The quantitative estimate of drug-likeness (QED) is 0.824. The van der Waals surface area contributed by atoms with Gasteiger partial charge in [-0.05, 0) is 37.2 Å². The number of terminal acetylenes is 1. The Bertz CT molecular complexity index is 470. The fourth-order valence-corrected chi connectivity index (χ4v) is 2.82. The van der Waals surface area contributed by atoms with Crippen molar-refractivity contribution in [2.24, 2.45) is 5.73 Å². The van der Waals surface area contributed by atoms with Crippen LogP contribution in [-0.2, 0) is 4.79 Å². The number of rotatable bonds is 4. The van der Waals surface area contributed by atoms with Crippen molar-refractivity contribution in [1.82, 2.24) is 5.32 Å². The fourth-order valence-electron chi connectivity index (χ4n) is 2.82. The van der Waals surface area contributed by atoms with E-state index >= 15 is 0 Å². The topological polar surface area (TPSA) is 55.1 Å².